The minimum absolute atomic E-state index is 0.188. The molecular formula is C26H28N4O4. The summed E-state index contributed by atoms with van der Waals surface area (Å²) in [5.41, 5.74) is 1.40. The molecule has 0 bridgehead atoms. The summed E-state index contributed by atoms with van der Waals surface area (Å²) in [4.78, 5) is 40.4. The number of aromatic nitrogens is 2. The Hall–Kier alpha value is -3.68. The Bertz CT molecular complexity index is 1240. The molecule has 2 aliphatic carbocycles. The highest BCUT2D eigenvalue weighted by atomic mass is 16.5. The zero-order chi connectivity index (χ0) is 23.5. The quantitative estimate of drug-likeness (QED) is 0.478. The highest BCUT2D eigenvalue weighted by Crippen LogP contribution is 2.40. The molecule has 3 N–H and O–H groups in total. The van der Waals surface area contributed by atoms with Gasteiger partial charge >= 0.3 is 0 Å². The fourth-order valence-corrected chi connectivity index (χ4v) is 4.70. The van der Waals surface area contributed by atoms with Crippen LogP contribution in [0.25, 0.3) is 0 Å². The molecule has 0 saturated heterocycles. The van der Waals surface area contributed by atoms with Gasteiger partial charge in [-0.15, -0.1) is 0 Å². The number of H-pyrrole nitrogens is 1. The van der Waals surface area contributed by atoms with Crippen molar-refractivity contribution in [3.63, 3.8) is 0 Å². The number of amides is 2. The van der Waals surface area contributed by atoms with Gasteiger partial charge in [-0.1, -0.05) is 36.6 Å². The molecule has 8 nitrogen and oxygen atoms in total. The van der Waals surface area contributed by atoms with Gasteiger partial charge < -0.3 is 20.1 Å². The topological polar surface area (TPSA) is 117 Å². The minimum atomic E-state index is -0.377. The summed E-state index contributed by atoms with van der Waals surface area (Å²) in [6.45, 7) is 0. The van der Waals surface area contributed by atoms with Gasteiger partial charge in [-0.25, -0.2) is 0 Å². The summed E-state index contributed by atoms with van der Waals surface area (Å²) in [7, 11) is 0. The number of anilines is 1. The number of carbonyl (C=O) groups is 2. The first-order valence-corrected chi connectivity index (χ1v) is 11.9. The Morgan fingerprint density at radius 2 is 1.82 bits per heavy atom. The van der Waals surface area contributed by atoms with E-state index < -0.39 is 0 Å². The van der Waals surface area contributed by atoms with Gasteiger partial charge in [-0.3, -0.25) is 14.4 Å². The van der Waals surface area contributed by atoms with E-state index in [0.29, 0.717) is 17.2 Å². The SMILES string of the molecule is O=C(Nc1ccc[nH]c1=O)c1cccc(C(NC(=O)c2cc(C3CC3)on2)C2CCCCC2)c1. The fraction of sp³-hybridized carbons (Fsp3) is 0.385. The monoisotopic (exact) mass is 460 g/mol. The minimum Gasteiger partial charge on any atom is -0.360 e. The summed E-state index contributed by atoms with van der Waals surface area (Å²) >= 11 is 0. The lowest BCUT2D eigenvalue weighted by molar-refractivity contribution is 0.0903. The largest absolute Gasteiger partial charge is 0.360 e. The van der Waals surface area contributed by atoms with Crippen molar-refractivity contribution in [3.05, 3.63) is 81.6 Å². The molecule has 8 heteroatoms. The van der Waals surface area contributed by atoms with Crippen LogP contribution in [0.1, 0.15) is 89.1 Å². The van der Waals surface area contributed by atoms with Gasteiger partial charge in [-0.05, 0) is 61.4 Å². The molecule has 2 saturated carbocycles. The lowest BCUT2D eigenvalue weighted by atomic mass is 9.80. The molecule has 176 valence electrons. The predicted octanol–water partition coefficient (Wildman–Crippen LogP) is 4.54. The van der Waals surface area contributed by atoms with Crippen molar-refractivity contribution in [1.29, 1.82) is 0 Å². The summed E-state index contributed by atoms with van der Waals surface area (Å²) in [6.07, 6.45) is 9.10. The van der Waals surface area contributed by atoms with E-state index in [2.05, 4.69) is 20.8 Å². The number of carbonyl (C=O) groups excluding carboxylic acids is 2. The second kappa shape index (κ2) is 9.67. The molecule has 34 heavy (non-hydrogen) atoms. The molecule has 2 aromatic heterocycles. The van der Waals surface area contributed by atoms with Gasteiger partial charge in [0.2, 0.25) is 0 Å². The Morgan fingerprint density at radius 1 is 1.00 bits per heavy atom. The van der Waals surface area contributed by atoms with Crippen molar-refractivity contribution in [1.82, 2.24) is 15.5 Å². The summed E-state index contributed by atoms with van der Waals surface area (Å²) in [5, 5.41) is 9.82. The van der Waals surface area contributed by atoms with Gasteiger partial charge in [-0.2, -0.15) is 0 Å². The average molecular weight is 461 g/mol. The van der Waals surface area contributed by atoms with Gasteiger partial charge in [0, 0.05) is 23.7 Å². The number of hydrogen-bond acceptors (Lipinski definition) is 5. The van der Waals surface area contributed by atoms with Crippen molar-refractivity contribution in [3.8, 4) is 0 Å². The highest BCUT2D eigenvalue weighted by Gasteiger charge is 2.31. The van der Waals surface area contributed by atoms with Crippen LogP contribution < -0.4 is 16.2 Å². The van der Waals surface area contributed by atoms with E-state index >= 15 is 0 Å². The maximum atomic E-state index is 13.1. The molecule has 2 heterocycles. The van der Waals surface area contributed by atoms with Gasteiger partial charge in [0.05, 0.1) is 6.04 Å². The Morgan fingerprint density at radius 3 is 2.59 bits per heavy atom. The standard InChI is InChI=1S/C26H28N4O4/c31-24(28-20-10-5-13-27-25(20)32)19-9-4-8-18(14-19)23(17-6-2-1-3-7-17)29-26(33)21-15-22(34-30-21)16-11-12-16/h4-5,8-10,13-17,23H,1-3,6-7,11-12H2,(H,27,32)(H,28,31)(H,29,33). The van der Waals surface area contributed by atoms with Crippen LogP contribution in [-0.4, -0.2) is 22.0 Å². The molecule has 2 amide bonds. The van der Waals surface area contributed by atoms with Crippen molar-refractivity contribution in [2.24, 2.45) is 5.92 Å². The average Bonchev–Trinajstić information content (AvgIpc) is 3.60. The lowest BCUT2D eigenvalue weighted by Gasteiger charge is -2.31. The van der Waals surface area contributed by atoms with E-state index in [4.69, 9.17) is 4.52 Å². The number of rotatable bonds is 7. The lowest BCUT2D eigenvalue weighted by Crippen LogP contribution is -2.34. The Labute approximate surface area is 197 Å². The van der Waals surface area contributed by atoms with Crippen LogP contribution in [0.4, 0.5) is 5.69 Å². The smallest absolute Gasteiger partial charge is 0.273 e. The van der Waals surface area contributed by atoms with E-state index in [1.54, 1.807) is 30.3 Å². The molecule has 2 aliphatic rings. The van der Waals surface area contributed by atoms with Crippen molar-refractivity contribution < 1.29 is 14.1 Å². The van der Waals surface area contributed by atoms with E-state index in [1.165, 1.54) is 12.6 Å². The zero-order valence-electron chi connectivity index (χ0n) is 18.9. The number of nitrogens with one attached hydrogen (secondary N) is 3. The first-order chi connectivity index (χ1) is 16.6. The van der Waals surface area contributed by atoms with Crippen molar-refractivity contribution in [2.45, 2.75) is 56.9 Å². The van der Waals surface area contributed by atoms with Gasteiger partial charge in [0.25, 0.3) is 17.4 Å². The maximum Gasteiger partial charge on any atom is 0.273 e. The van der Waals surface area contributed by atoms with Crippen LogP contribution in [0.3, 0.4) is 0 Å². The molecule has 1 unspecified atom stereocenters. The fourth-order valence-electron chi connectivity index (χ4n) is 4.70. The van der Waals surface area contributed by atoms with E-state index in [-0.39, 0.29) is 35.0 Å². The van der Waals surface area contributed by atoms with Crippen LogP contribution in [0, 0.1) is 5.92 Å². The zero-order valence-corrected chi connectivity index (χ0v) is 18.9. The van der Waals surface area contributed by atoms with E-state index in [1.807, 2.05) is 12.1 Å². The number of hydrogen-bond donors (Lipinski definition) is 3. The first-order valence-electron chi connectivity index (χ1n) is 11.9. The van der Waals surface area contributed by atoms with Gasteiger partial charge in [0.1, 0.15) is 11.4 Å². The van der Waals surface area contributed by atoms with Crippen LogP contribution in [-0.2, 0) is 0 Å². The van der Waals surface area contributed by atoms with Crippen molar-refractivity contribution >= 4 is 17.5 Å². The number of aromatic amines is 1. The van der Waals surface area contributed by atoms with Gasteiger partial charge in [0.15, 0.2) is 5.69 Å². The third kappa shape index (κ3) is 4.95. The van der Waals surface area contributed by atoms with Crippen molar-refractivity contribution in [2.75, 3.05) is 5.32 Å². The summed E-state index contributed by atoms with van der Waals surface area (Å²) < 4.78 is 5.37. The first kappa shape index (κ1) is 22.1. The third-order valence-corrected chi connectivity index (χ3v) is 6.72. The molecule has 0 aliphatic heterocycles. The second-order valence-corrected chi connectivity index (χ2v) is 9.23. The molecule has 2 fully saturated rings. The molecule has 1 atom stereocenters. The third-order valence-electron chi connectivity index (χ3n) is 6.72. The van der Waals surface area contributed by atoms with Crippen LogP contribution in [0.5, 0.6) is 0 Å². The van der Waals surface area contributed by atoms with Crippen LogP contribution in [0.2, 0.25) is 0 Å². The molecular weight excluding hydrogens is 432 g/mol. The number of nitrogens with zero attached hydrogens (tertiary/aromatic N) is 1. The Kier molecular flexibility index (Phi) is 6.29. The molecule has 3 aromatic rings. The van der Waals surface area contributed by atoms with Crippen LogP contribution >= 0.6 is 0 Å². The maximum absolute atomic E-state index is 13.1. The number of benzene rings is 1. The van der Waals surface area contributed by atoms with E-state index in [9.17, 15) is 14.4 Å². The predicted molar refractivity (Wildman–Crippen MR) is 127 cm³/mol. The molecule has 0 radical (unpaired) electrons. The molecule has 1 aromatic carbocycles. The highest BCUT2D eigenvalue weighted by molar-refractivity contribution is 6.04. The summed E-state index contributed by atoms with van der Waals surface area (Å²) in [5.74, 6) is 0.779. The van der Waals surface area contributed by atoms with E-state index in [0.717, 1.165) is 49.8 Å². The Balaban J connectivity index is 1.38. The molecule has 5 rings (SSSR count). The number of pyridine rings is 1. The van der Waals surface area contributed by atoms with Crippen LogP contribution in [0.15, 0.2) is 58.0 Å². The second-order valence-electron chi connectivity index (χ2n) is 9.23. The molecule has 0 spiro atoms. The summed E-state index contributed by atoms with van der Waals surface area (Å²) in [6, 6.07) is 11.9. The normalized spacial score (nSPS) is 17.2.